The summed E-state index contributed by atoms with van der Waals surface area (Å²) in [5, 5.41) is 3.59. The largest absolute Gasteiger partial charge is 0.310 e. The Kier molecular flexibility index (Phi) is 5.63. The standard InChI is InChI=1S/C20H14Cl2FN3O2S/c21-13-6-3-5-11(17(13)22)12-8-15(27)24-18-16(12)19(28)26-20(25-18)29-9-10-4-1-2-7-14(10)23/h1-7,12H,8-9H2,(H2,24,25,26,27,28). The number of nitrogens with one attached hydrogen (secondary N) is 2. The van der Waals surface area contributed by atoms with E-state index in [0.29, 0.717) is 26.7 Å². The Hall–Kier alpha value is -2.35. The number of hydrogen-bond donors (Lipinski definition) is 2. The van der Waals surface area contributed by atoms with Crippen molar-refractivity contribution in [1.82, 2.24) is 9.97 Å². The molecule has 1 atom stereocenters. The maximum atomic E-state index is 13.8. The Morgan fingerprint density at radius 3 is 2.72 bits per heavy atom. The Bertz CT molecular complexity index is 1170. The van der Waals surface area contributed by atoms with Gasteiger partial charge in [-0.25, -0.2) is 9.37 Å². The minimum absolute atomic E-state index is 0.0551. The number of thioether (sulfide) groups is 1. The molecule has 1 amide bonds. The van der Waals surface area contributed by atoms with Crippen LogP contribution in [0, 0.1) is 5.82 Å². The van der Waals surface area contributed by atoms with Crippen LogP contribution in [0.5, 0.6) is 0 Å². The van der Waals surface area contributed by atoms with Gasteiger partial charge in [-0.1, -0.05) is 65.3 Å². The molecular weight excluding hydrogens is 436 g/mol. The lowest BCUT2D eigenvalue weighted by Crippen LogP contribution is -2.31. The van der Waals surface area contributed by atoms with Gasteiger partial charge in [0, 0.05) is 18.1 Å². The van der Waals surface area contributed by atoms with Gasteiger partial charge in [0.2, 0.25) is 5.91 Å². The number of carbonyl (C=O) groups is 1. The topological polar surface area (TPSA) is 74.8 Å². The SMILES string of the molecule is O=C1CC(c2cccc(Cl)c2Cl)c2c(nc(SCc3ccccc3F)[nH]c2=O)N1. The Morgan fingerprint density at radius 2 is 1.93 bits per heavy atom. The van der Waals surface area contributed by atoms with Gasteiger partial charge in [-0.3, -0.25) is 9.59 Å². The minimum atomic E-state index is -0.563. The number of aromatic nitrogens is 2. The van der Waals surface area contributed by atoms with E-state index in [1.54, 1.807) is 36.4 Å². The molecule has 9 heteroatoms. The Morgan fingerprint density at radius 1 is 1.14 bits per heavy atom. The highest BCUT2D eigenvalue weighted by atomic mass is 35.5. The second-order valence-electron chi connectivity index (χ2n) is 6.46. The maximum Gasteiger partial charge on any atom is 0.257 e. The molecule has 0 radical (unpaired) electrons. The minimum Gasteiger partial charge on any atom is -0.310 e. The van der Waals surface area contributed by atoms with Crippen LogP contribution in [0.15, 0.2) is 52.4 Å². The van der Waals surface area contributed by atoms with Gasteiger partial charge in [-0.05, 0) is 23.3 Å². The average molecular weight is 450 g/mol. The fraction of sp³-hybridized carbons (Fsp3) is 0.150. The van der Waals surface area contributed by atoms with Crippen LogP contribution in [0.4, 0.5) is 10.2 Å². The number of benzene rings is 2. The van der Waals surface area contributed by atoms with Crippen molar-refractivity contribution in [2.24, 2.45) is 0 Å². The van der Waals surface area contributed by atoms with E-state index < -0.39 is 5.92 Å². The first-order chi connectivity index (χ1) is 13.9. The number of hydrogen-bond acceptors (Lipinski definition) is 4. The molecule has 0 saturated carbocycles. The van der Waals surface area contributed by atoms with E-state index in [1.807, 2.05) is 0 Å². The summed E-state index contributed by atoms with van der Waals surface area (Å²) in [7, 11) is 0. The van der Waals surface area contributed by atoms with E-state index in [1.165, 1.54) is 17.8 Å². The van der Waals surface area contributed by atoms with Crippen LogP contribution in [-0.2, 0) is 10.5 Å². The molecule has 2 heterocycles. The first kappa shape index (κ1) is 19.9. The third-order valence-electron chi connectivity index (χ3n) is 4.61. The number of rotatable bonds is 4. The third kappa shape index (κ3) is 4.03. The van der Waals surface area contributed by atoms with E-state index >= 15 is 0 Å². The van der Waals surface area contributed by atoms with Crippen LogP contribution < -0.4 is 10.9 Å². The highest BCUT2D eigenvalue weighted by molar-refractivity contribution is 7.98. The monoisotopic (exact) mass is 449 g/mol. The van der Waals surface area contributed by atoms with E-state index in [-0.39, 0.29) is 40.4 Å². The van der Waals surface area contributed by atoms with Crippen LogP contribution in [-0.4, -0.2) is 15.9 Å². The molecule has 5 nitrogen and oxygen atoms in total. The van der Waals surface area contributed by atoms with Crippen LogP contribution >= 0.6 is 35.0 Å². The van der Waals surface area contributed by atoms with Crippen LogP contribution in [0.2, 0.25) is 10.0 Å². The lowest BCUT2D eigenvalue weighted by atomic mass is 9.87. The van der Waals surface area contributed by atoms with Crippen molar-refractivity contribution in [2.75, 3.05) is 5.32 Å². The van der Waals surface area contributed by atoms with Crippen molar-refractivity contribution in [3.8, 4) is 0 Å². The predicted molar refractivity (Wildman–Crippen MR) is 112 cm³/mol. The molecule has 1 unspecified atom stereocenters. The lowest BCUT2D eigenvalue weighted by Gasteiger charge is -2.25. The molecule has 4 rings (SSSR count). The number of H-pyrrole nitrogens is 1. The number of fused-ring (bicyclic) bond motifs is 1. The number of amides is 1. The third-order valence-corrected chi connectivity index (χ3v) is 6.36. The molecule has 1 aliphatic heterocycles. The van der Waals surface area contributed by atoms with Crippen LogP contribution in [0.3, 0.4) is 0 Å². The van der Waals surface area contributed by atoms with Crippen molar-refractivity contribution >= 4 is 46.7 Å². The summed E-state index contributed by atoms with van der Waals surface area (Å²) in [4.78, 5) is 32.2. The summed E-state index contributed by atoms with van der Waals surface area (Å²) >= 11 is 13.6. The fourth-order valence-electron chi connectivity index (χ4n) is 3.24. The molecule has 0 spiro atoms. The highest BCUT2D eigenvalue weighted by Crippen LogP contribution is 2.39. The van der Waals surface area contributed by atoms with Gasteiger partial charge in [-0.15, -0.1) is 0 Å². The summed E-state index contributed by atoms with van der Waals surface area (Å²) in [6, 6.07) is 11.5. The number of halogens is 3. The zero-order valence-electron chi connectivity index (χ0n) is 14.8. The number of aromatic amines is 1. The first-order valence-electron chi connectivity index (χ1n) is 8.68. The van der Waals surface area contributed by atoms with E-state index in [2.05, 4.69) is 15.3 Å². The molecule has 0 fully saturated rings. The molecule has 0 aliphatic carbocycles. The molecule has 0 bridgehead atoms. The molecule has 1 aliphatic rings. The van der Waals surface area contributed by atoms with Crippen molar-refractivity contribution in [2.45, 2.75) is 23.2 Å². The predicted octanol–water partition coefficient (Wildman–Crippen LogP) is 4.98. The molecular formula is C20H14Cl2FN3O2S. The molecule has 1 aromatic heterocycles. The molecule has 3 aromatic rings. The summed E-state index contributed by atoms with van der Waals surface area (Å²) in [6.07, 6.45) is 0.0551. The number of carbonyl (C=O) groups excluding carboxylic acids is 1. The second-order valence-corrected chi connectivity index (χ2v) is 8.21. The van der Waals surface area contributed by atoms with Crippen LogP contribution in [0.1, 0.15) is 29.0 Å². The maximum absolute atomic E-state index is 13.8. The number of nitrogens with zero attached hydrogens (tertiary/aromatic N) is 1. The van der Waals surface area contributed by atoms with Gasteiger partial charge >= 0.3 is 0 Å². The van der Waals surface area contributed by atoms with Crippen molar-refractivity contribution in [3.05, 3.63) is 85.4 Å². The lowest BCUT2D eigenvalue weighted by molar-refractivity contribution is -0.116. The summed E-state index contributed by atoms with van der Waals surface area (Å²) in [5.41, 5.74) is 1.02. The Labute approximate surface area is 179 Å². The molecule has 2 aromatic carbocycles. The fourth-order valence-corrected chi connectivity index (χ4v) is 4.52. The van der Waals surface area contributed by atoms with Gasteiger partial charge in [0.15, 0.2) is 5.16 Å². The molecule has 2 N–H and O–H groups in total. The summed E-state index contributed by atoms with van der Waals surface area (Å²) in [6.45, 7) is 0. The highest BCUT2D eigenvalue weighted by Gasteiger charge is 2.32. The number of anilines is 1. The van der Waals surface area contributed by atoms with Gasteiger partial charge in [-0.2, -0.15) is 0 Å². The normalized spacial score (nSPS) is 15.7. The Balaban J connectivity index is 1.70. The quantitative estimate of drug-likeness (QED) is 0.434. The van der Waals surface area contributed by atoms with Crippen molar-refractivity contribution in [3.63, 3.8) is 0 Å². The van der Waals surface area contributed by atoms with E-state index in [0.717, 1.165) is 0 Å². The van der Waals surface area contributed by atoms with Gasteiger partial charge in [0.05, 0.1) is 15.6 Å². The van der Waals surface area contributed by atoms with E-state index in [4.69, 9.17) is 23.2 Å². The summed E-state index contributed by atoms with van der Waals surface area (Å²) in [5.74, 6) is -0.703. The zero-order valence-corrected chi connectivity index (χ0v) is 17.2. The zero-order chi connectivity index (χ0) is 20.5. The molecule has 148 valence electrons. The van der Waals surface area contributed by atoms with E-state index in [9.17, 15) is 14.0 Å². The van der Waals surface area contributed by atoms with Crippen LogP contribution in [0.25, 0.3) is 0 Å². The van der Waals surface area contributed by atoms with Gasteiger partial charge in [0.25, 0.3) is 5.56 Å². The van der Waals surface area contributed by atoms with Gasteiger partial charge < -0.3 is 10.3 Å². The average Bonchev–Trinajstić information content (AvgIpc) is 2.68. The molecule has 29 heavy (non-hydrogen) atoms. The van der Waals surface area contributed by atoms with Crippen molar-refractivity contribution in [1.29, 1.82) is 0 Å². The smallest absolute Gasteiger partial charge is 0.257 e. The second kappa shape index (κ2) is 8.18. The van der Waals surface area contributed by atoms with Gasteiger partial charge in [0.1, 0.15) is 11.6 Å². The molecule has 0 saturated heterocycles. The first-order valence-corrected chi connectivity index (χ1v) is 10.4. The summed E-state index contributed by atoms with van der Waals surface area (Å²) < 4.78 is 13.8. The van der Waals surface area contributed by atoms with Crippen molar-refractivity contribution < 1.29 is 9.18 Å².